The van der Waals surface area contributed by atoms with Gasteiger partial charge >= 0.3 is 0 Å². The van der Waals surface area contributed by atoms with Crippen LogP contribution in [0.2, 0.25) is 0 Å². The summed E-state index contributed by atoms with van der Waals surface area (Å²) in [4.78, 5) is 12.3. The van der Waals surface area contributed by atoms with E-state index in [0.717, 1.165) is 17.8 Å². The molecule has 2 N–H and O–H groups in total. The average molecular weight is 286 g/mol. The first-order valence-corrected chi connectivity index (χ1v) is 7.25. The summed E-state index contributed by atoms with van der Waals surface area (Å²) in [7, 11) is 1.88. The largest absolute Gasteiger partial charge is 0.350 e. The van der Waals surface area contributed by atoms with Crippen molar-refractivity contribution in [3.8, 4) is 5.69 Å². The van der Waals surface area contributed by atoms with Gasteiger partial charge in [-0.3, -0.25) is 4.79 Å². The Labute approximate surface area is 125 Å². The fourth-order valence-corrected chi connectivity index (χ4v) is 2.14. The van der Waals surface area contributed by atoms with Gasteiger partial charge in [-0.05, 0) is 32.5 Å². The van der Waals surface area contributed by atoms with Crippen LogP contribution in [0.4, 0.5) is 0 Å². The van der Waals surface area contributed by atoms with Crippen molar-refractivity contribution in [1.29, 1.82) is 0 Å². The number of carbonyl (C=O) groups is 1. The minimum Gasteiger partial charge on any atom is -0.350 e. The van der Waals surface area contributed by atoms with Crippen LogP contribution in [-0.4, -0.2) is 35.3 Å². The van der Waals surface area contributed by atoms with Crippen molar-refractivity contribution in [3.05, 3.63) is 47.8 Å². The molecule has 2 rings (SSSR count). The number of amides is 1. The maximum absolute atomic E-state index is 12.3. The van der Waals surface area contributed by atoms with E-state index in [1.807, 2.05) is 55.9 Å². The van der Waals surface area contributed by atoms with Gasteiger partial charge in [0.1, 0.15) is 0 Å². The number of nitrogens with zero attached hydrogens (tertiary/aromatic N) is 2. The van der Waals surface area contributed by atoms with E-state index in [-0.39, 0.29) is 11.9 Å². The molecule has 1 unspecified atom stereocenters. The van der Waals surface area contributed by atoms with Crippen molar-refractivity contribution in [3.63, 3.8) is 0 Å². The predicted molar refractivity (Wildman–Crippen MR) is 83.8 cm³/mol. The van der Waals surface area contributed by atoms with Crippen molar-refractivity contribution in [2.24, 2.45) is 0 Å². The lowest BCUT2D eigenvalue weighted by atomic mass is 10.2. The third kappa shape index (κ3) is 3.49. The third-order valence-corrected chi connectivity index (χ3v) is 3.51. The molecule has 5 nitrogen and oxygen atoms in total. The number of carbonyl (C=O) groups excluding carboxylic acids is 1. The first kappa shape index (κ1) is 15.3. The summed E-state index contributed by atoms with van der Waals surface area (Å²) in [5, 5.41) is 10.4. The molecule has 0 radical (unpaired) electrons. The van der Waals surface area contributed by atoms with E-state index < -0.39 is 0 Å². The van der Waals surface area contributed by atoms with Crippen LogP contribution >= 0.6 is 0 Å². The number of nitrogens with one attached hydrogen (secondary N) is 2. The molecular formula is C16H22N4O. The van der Waals surface area contributed by atoms with E-state index in [9.17, 15) is 4.79 Å². The molecule has 1 amide bonds. The number of likely N-dealkylation sites (N-methyl/N-ethyl adjacent to an activating group) is 1. The Morgan fingerprint density at radius 1 is 1.33 bits per heavy atom. The van der Waals surface area contributed by atoms with E-state index in [4.69, 9.17) is 0 Å². The Morgan fingerprint density at radius 2 is 2.05 bits per heavy atom. The highest BCUT2D eigenvalue weighted by Gasteiger charge is 2.17. The van der Waals surface area contributed by atoms with Gasteiger partial charge in [-0.15, -0.1) is 0 Å². The van der Waals surface area contributed by atoms with E-state index in [1.54, 1.807) is 6.20 Å². The molecule has 1 aromatic heterocycles. The molecule has 21 heavy (non-hydrogen) atoms. The maximum Gasteiger partial charge on any atom is 0.254 e. The molecule has 0 saturated carbocycles. The molecular weight excluding hydrogens is 264 g/mol. The number of rotatable bonds is 6. The second kappa shape index (κ2) is 7.04. The first-order valence-electron chi connectivity index (χ1n) is 7.25. The third-order valence-electron chi connectivity index (χ3n) is 3.51. The molecule has 5 heteroatoms. The number of hydrogen-bond donors (Lipinski definition) is 2. The lowest BCUT2D eigenvalue weighted by Crippen LogP contribution is -2.37. The van der Waals surface area contributed by atoms with Crippen LogP contribution in [0.15, 0.2) is 36.5 Å². The molecule has 1 atom stereocenters. The lowest BCUT2D eigenvalue weighted by molar-refractivity contribution is 0.0949. The van der Waals surface area contributed by atoms with Crippen LogP contribution in [0.1, 0.15) is 29.9 Å². The highest BCUT2D eigenvalue weighted by Crippen LogP contribution is 2.15. The Balaban J connectivity index is 2.22. The predicted octanol–water partition coefficient (Wildman–Crippen LogP) is 1.77. The summed E-state index contributed by atoms with van der Waals surface area (Å²) in [6, 6.07) is 10.1. The van der Waals surface area contributed by atoms with E-state index in [2.05, 4.69) is 15.7 Å². The molecule has 0 fully saturated rings. The van der Waals surface area contributed by atoms with E-state index in [1.165, 1.54) is 0 Å². The van der Waals surface area contributed by atoms with Crippen LogP contribution in [0.5, 0.6) is 0 Å². The van der Waals surface area contributed by atoms with Crippen molar-refractivity contribution in [1.82, 2.24) is 20.4 Å². The Bertz CT molecular complexity index is 592. The molecule has 2 aromatic rings. The number of aromatic nitrogens is 2. The molecule has 0 aliphatic carbocycles. The van der Waals surface area contributed by atoms with Crippen LogP contribution in [0, 0.1) is 0 Å². The van der Waals surface area contributed by atoms with Gasteiger partial charge in [0.25, 0.3) is 5.91 Å². The fourth-order valence-electron chi connectivity index (χ4n) is 2.14. The number of para-hydroxylation sites is 1. The van der Waals surface area contributed by atoms with Crippen LogP contribution in [0.25, 0.3) is 5.69 Å². The van der Waals surface area contributed by atoms with Crippen LogP contribution in [-0.2, 0) is 6.42 Å². The summed E-state index contributed by atoms with van der Waals surface area (Å²) in [5.41, 5.74) is 2.54. The zero-order chi connectivity index (χ0) is 15.2. The van der Waals surface area contributed by atoms with Gasteiger partial charge in [-0.2, -0.15) is 5.10 Å². The highest BCUT2D eigenvalue weighted by molar-refractivity contribution is 5.95. The van der Waals surface area contributed by atoms with Gasteiger partial charge in [0.05, 0.1) is 23.1 Å². The zero-order valence-corrected chi connectivity index (χ0v) is 12.8. The second-order valence-corrected chi connectivity index (χ2v) is 5.01. The monoisotopic (exact) mass is 286 g/mol. The quantitative estimate of drug-likeness (QED) is 0.851. The van der Waals surface area contributed by atoms with E-state index >= 15 is 0 Å². The fraction of sp³-hybridized carbons (Fsp3) is 0.375. The SMILES string of the molecule is CCc1c(C(=O)NCC(C)NC)cnn1-c1ccccc1. The van der Waals surface area contributed by atoms with Crippen molar-refractivity contribution < 1.29 is 4.79 Å². The molecule has 0 aliphatic rings. The summed E-state index contributed by atoms with van der Waals surface area (Å²) < 4.78 is 1.83. The van der Waals surface area contributed by atoms with Crippen molar-refractivity contribution in [2.45, 2.75) is 26.3 Å². The van der Waals surface area contributed by atoms with Crippen LogP contribution in [0.3, 0.4) is 0 Å². The molecule has 0 aliphatic heterocycles. The van der Waals surface area contributed by atoms with Crippen molar-refractivity contribution in [2.75, 3.05) is 13.6 Å². The van der Waals surface area contributed by atoms with Crippen molar-refractivity contribution >= 4 is 5.91 Å². The Kier molecular flexibility index (Phi) is 5.11. The van der Waals surface area contributed by atoms with Gasteiger partial charge in [-0.25, -0.2) is 4.68 Å². The Hall–Kier alpha value is -2.14. The number of benzene rings is 1. The maximum atomic E-state index is 12.3. The smallest absolute Gasteiger partial charge is 0.254 e. The number of hydrogen-bond acceptors (Lipinski definition) is 3. The molecule has 1 heterocycles. The highest BCUT2D eigenvalue weighted by atomic mass is 16.1. The van der Waals surface area contributed by atoms with Gasteiger partial charge in [0, 0.05) is 12.6 Å². The summed E-state index contributed by atoms with van der Waals surface area (Å²) >= 11 is 0. The second-order valence-electron chi connectivity index (χ2n) is 5.01. The minimum absolute atomic E-state index is 0.0730. The topological polar surface area (TPSA) is 59.0 Å². The standard InChI is InChI=1S/C16H22N4O/c1-4-15-14(16(21)18-10-12(2)17-3)11-19-20(15)13-8-6-5-7-9-13/h5-9,11-12,17H,4,10H2,1-3H3,(H,18,21). The van der Waals surface area contributed by atoms with Gasteiger partial charge in [-0.1, -0.05) is 25.1 Å². The minimum atomic E-state index is -0.0730. The summed E-state index contributed by atoms with van der Waals surface area (Å²) in [6.45, 7) is 4.65. The van der Waals surface area contributed by atoms with Gasteiger partial charge < -0.3 is 10.6 Å². The molecule has 0 bridgehead atoms. The lowest BCUT2D eigenvalue weighted by Gasteiger charge is -2.12. The zero-order valence-electron chi connectivity index (χ0n) is 12.8. The normalized spacial score (nSPS) is 12.1. The van der Waals surface area contributed by atoms with Gasteiger partial charge in [0.2, 0.25) is 0 Å². The molecule has 0 saturated heterocycles. The summed E-state index contributed by atoms with van der Waals surface area (Å²) in [6.07, 6.45) is 2.39. The van der Waals surface area contributed by atoms with Crippen LogP contribution < -0.4 is 10.6 Å². The molecule has 112 valence electrons. The average Bonchev–Trinajstić information content (AvgIpc) is 2.97. The first-order chi connectivity index (χ1) is 10.2. The van der Waals surface area contributed by atoms with E-state index in [0.29, 0.717) is 12.1 Å². The Morgan fingerprint density at radius 3 is 2.67 bits per heavy atom. The van der Waals surface area contributed by atoms with Gasteiger partial charge in [0.15, 0.2) is 0 Å². The summed E-state index contributed by atoms with van der Waals surface area (Å²) in [5.74, 6) is -0.0730. The molecule has 0 spiro atoms. The molecule has 1 aromatic carbocycles.